The molecule has 0 atom stereocenters. The number of likely N-dealkylation sites (tertiary alicyclic amines) is 1. The van der Waals surface area contributed by atoms with Gasteiger partial charge in [-0.25, -0.2) is 4.98 Å². The van der Waals surface area contributed by atoms with Gasteiger partial charge in [0.05, 0.1) is 11.9 Å². The van der Waals surface area contributed by atoms with E-state index in [2.05, 4.69) is 40.6 Å². The lowest BCUT2D eigenvalue weighted by Gasteiger charge is -2.32. The highest BCUT2D eigenvalue weighted by molar-refractivity contribution is 5.92. The molecule has 0 saturated carbocycles. The lowest BCUT2D eigenvalue weighted by Crippen LogP contribution is -2.38. The lowest BCUT2D eigenvalue weighted by molar-refractivity contribution is 0.0702. The minimum Gasteiger partial charge on any atom is -0.365 e. The van der Waals surface area contributed by atoms with E-state index in [1.165, 1.54) is 0 Å². The first kappa shape index (κ1) is 19.4. The summed E-state index contributed by atoms with van der Waals surface area (Å²) in [6.45, 7) is 9.76. The van der Waals surface area contributed by atoms with E-state index >= 15 is 0 Å². The topological polar surface area (TPSA) is 88.6 Å². The highest BCUT2D eigenvalue weighted by atomic mass is 16.5. The molecule has 4 heterocycles. The molecule has 3 aromatic rings. The third-order valence-electron chi connectivity index (χ3n) is 5.25. The molecule has 1 aliphatic rings. The van der Waals surface area contributed by atoms with Crippen molar-refractivity contribution in [3.63, 3.8) is 0 Å². The third kappa shape index (κ3) is 3.97. The van der Waals surface area contributed by atoms with Gasteiger partial charge in [-0.3, -0.25) is 14.2 Å². The molecule has 0 spiro atoms. The summed E-state index contributed by atoms with van der Waals surface area (Å²) in [6.07, 6.45) is 7.95. The molecule has 8 nitrogen and oxygen atoms in total. The van der Waals surface area contributed by atoms with E-state index in [1.54, 1.807) is 18.5 Å². The number of nitrogens with zero attached hydrogens (tertiary/aromatic N) is 5. The molecule has 1 amide bonds. The number of nitrogens with one attached hydrogen (secondary N) is 1. The summed E-state index contributed by atoms with van der Waals surface area (Å²) in [5.41, 5.74) is 2.19. The quantitative estimate of drug-likeness (QED) is 0.726. The number of aromatic nitrogens is 4. The molecule has 0 aliphatic carbocycles. The second kappa shape index (κ2) is 7.50. The zero-order valence-electron chi connectivity index (χ0n) is 17.5. The maximum atomic E-state index is 12.7. The highest BCUT2D eigenvalue weighted by Gasteiger charge is 2.30. The Morgan fingerprint density at radius 3 is 2.72 bits per heavy atom. The Hall–Kier alpha value is -2.90. The zero-order chi connectivity index (χ0) is 20.6. The van der Waals surface area contributed by atoms with Crippen LogP contribution in [0.4, 0.5) is 5.82 Å². The normalized spacial score (nSPS) is 15.8. The van der Waals surface area contributed by atoms with E-state index < -0.39 is 0 Å². The second-order valence-electron chi connectivity index (χ2n) is 8.62. The number of imidazole rings is 1. The van der Waals surface area contributed by atoms with E-state index in [4.69, 9.17) is 9.51 Å². The van der Waals surface area contributed by atoms with Gasteiger partial charge in [0.2, 0.25) is 0 Å². The fourth-order valence-electron chi connectivity index (χ4n) is 3.79. The van der Waals surface area contributed by atoms with Gasteiger partial charge in [0.15, 0.2) is 11.3 Å². The molecule has 1 fully saturated rings. The monoisotopic (exact) mass is 396 g/mol. The van der Waals surface area contributed by atoms with Crippen LogP contribution in [-0.2, 0) is 6.42 Å². The van der Waals surface area contributed by atoms with E-state index in [-0.39, 0.29) is 17.4 Å². The average molecular weight is 396 g/mol. The van der Waals surface area contributed by atoms with Crippen LogP contribution in [0.5, 0.6) is 0 Å². The van der Waals surface area contributed by atoms with Crippen LogP contribution >= 0.6 is 0 Å². The number of amides is 1. The summed E-state index contributed by atoms with van der Waals surface area (Å²) in [4.78, 5) is 23.7. The van der Waals surface area contributed by atoms with Crippen LogP contribution in [0.1, 0.15) is 68.4 Å². The van der Waals surface area contributed by atoms with Crippen molar-refractivity contribution in [3.05, 3.63) is 41.8 Å². The van der Waals surface area contributed by atoms with Crippen molar-refractivity contribution in [1.29, 1.82) is 0 Å². The van der Waals surface area contributed by atoms with Gasteiger partial charge >= 0.3 is 0 Å². The van der Waals surface area contributed by atoms with Crippen molar-refractivity contribution in [2.75, 3.05) is 18.4 Å². The van der Waals surface area contributed by atoms with Crippen LogP contribution < -0.4 is 5.32 Å². The summed E-state index contributed by atoms with van der Waals surface area (Å²) in [7, 11) is 0. The lowest BCUT2D eigenvalue weighted by atomic mass is 9.92. The molecular weight excluding hydrogens is 368 g/mol. The molecule has 1 N–H and O–H groups in total. The summed E-state index contributed by atoms with van der Waals surface area (Å²) in [6, 6.07) is 1.74. The Kier molecular flexibility index (Phi) is 5.02. The van der Waals surface area contributed by atoms with Crippen molar-refractivity contribution in [2.24, 2.45) is 0 Å². The maximum absolute atomic E-state index is 12.7. The van der Waals surface area contributed by atoms with Crippen LogP contribution in [0.3, 0.4) is 0 Å². The first-order valence-electron chi connectivity index (χ1n) is 10.2. The number of carbonyl (C=O) groups excluding carboxylic acids is 1. The Labute approximate surface area is 170 Å². The first-order valence-corrected chi connectivity index (χ1v) is 10.2. The summed E-state index contributed by atoms with van der Waals surface area (Å²) in [5.74, 6) is 1.98. The number of fused-ring (bicyclic) bond motifs is 1. The predicted octanol–water partition coefficient (Wildman–Crippen LogP) is 3.51. The van der Waals surface area contributed by atoms with Gasteiger partial charge in [0.25, 0.3) is 5.91 Å². The van der Waals surface area contributed by atoms with E-state index in [1.807, 2.05) is 18.0 Å². The van der Waals surface area contributed by atoms with Gasteiger partial charge in [-0.2, -0.15) is 0 Å². The van der Waals surface area contributed by atoms with E-state index in [0.29, 0.717) is 18.8 Å². The van der Waals surface area contributed by atoms with Gasteiger partial charge in [-0.15, -0.1) is 0 Å². The largest absolute Gasteiger partial charge is 0.365 e. The smallest absolute Gasteiger partial charge is 0.276 e. The van der Waals surface area contributed by atoms with Gasteiger partial charge in [-0.1, -0.05) is 12.1 Å². The first-order chi connectivity index (χ1) is 13.9. The number of hydrogen-bond donors (Lipinski definition) is 1. The predicted molar refractivity (Wildman–Crippen MR) is 110 cm³/mol. The van der Waals surface area contributed by atoms with Crippen molar-refractivity contribution in [3.8, 4) is 0 Å². The Balaban J connectivity index is 1.53. The molecule has 29 heavy (non-hydrogen) atoms. The Morgan fingerprint density at radius 2 is 2.07 bits per heavy atom. The molecule has 1 aliphatic heterocycles. The third-order valence-corrected chi connectivity index (χ3v) is 5.25. The van der Waals surface area contributed by atoms with E-state index in [0.717, 1.165) is 42.2 Å². The maximum Gasteiger partial charge on any atom is 0.276 e. The van der Waals surface area contributed by atoms with Gasteiger partial charge in [0.1, 0.15) is 11.6 Å². The van der Waals surface area contributed by atoms with Crippen LogP contribution in [0.2, 0.25) is 0 Å². The van der Waals surface area contributed by atoms with Crippen molar-refractivity contribution in [2.45, 2.75) is 58.4 Å². The Bertz CT molecular complexity index is 1010. The number of piperidine rings is 1. The fourth-order valence-corrected chi connectivity index (χ4v) is 3.79. The molecule has 0 radical (unpaired) electrons. The van der Waals surface area contributed by atoms with Crippen LogP contribution in [0.15, 0.2) is 29.2 Å². The highest BCUT2D eigenvalue weighted by Crippen LogP contribution is 2.34. The number of hydrogen-bond acceptors (Lipinski definition) is 6. The number of rotatable bonds is 4. The molecule has 154 valence electrons. The average Bonchev–Trinajstić information content (AvgIpc) is 3.32. The number of aryl methyl sites for hydroxylation is 1. The Morgan fingerprint density at radius 1 is 1.31 bits per heavy atom. The van der Waals surface area contributed by atoms with Crippen LogP contribution in [0, 0.1) is 0 Å². The fraction of sp³-hybridized carbons (Fsp3) is 0.524. The van der Waals surface area contributed by atoms with Crippen LogP contribution in [0.25, 0.3) is 5.65 Å². The molecule has 0 unspecified atom stereocenters. The standard InChI is InChI=1S/C21H28N6O2/c1-5-15-12-16(25-29-15)20(28)26-9-6-14(7-10-26)18-19(24-21(2,3)4)27-11-8-22-13-17(27)23-18/h8,11-14,24H,5-7,9-10H2,1-4H3. The van der Waals surface area contributed by atoms with Crippen molar-refractivity contribution >= 4 is 17.4 Å². The minimum atomic E-state index is -0.0887. The molecule has 4 rings (SSSR count). The molecule has 8 heteroatoms. The minimum absolute atomic E-state index is 0.0564. The van der Waals surface area contributed by atoms with Gasteiger partial charge in [0, 0.05) is 49.4 Å². The SMILES string of the molecule is CCc1cc(C(=O)N2CCC(c3nc4cnccn4c3NC(C)(C)C)CC2)no1. The number of anilines is 1. The molecule has 0 bridgehead atoms. The summed E-state index contributed by atoms with van der Waals surface area (Å²) in [5, 5.41) is 7.53. The molecule has 1 saturated heterocycles. The molecule has 3 aromatic heterocycles. The molecular formula is C21H28N6O2. The summed E-state index contributed by atoms with van der Waals surface area (Å²) >= 11 is 0. The van der Waals surface area contributed by atoms with E-state index in [9.17, 15) is 4.79 Å². The summed E-state index contributed by atoms with van der Waals surface area (Å²) < 4.78 is 7.25. The van der Waals surface area contributed by atoms with Crippen molar-refractivity contribution in [1.82, 2.24) is 24.4 Å². The number of carbonyl (C=O) groups is 1. The second-order valence-corrected chi connectivity index (χ2v) is 8.62. The van der Waals surface area contributed by atoms with Gasteiger partial charge < -0.3 is 14.7 Å². The zero-order valence-corrected chi connectivity index (χ0v) is 17.5. The van der Waals surface area contributed by atoms with Gasteiger partial charge in [-0.05, 0) is 33.6 Å². The van der Waals surface area contributed by atoms with Crippen molar-refractivity contribution < 1.29 is 9.32 Å². The van der Waals surface area contributed by atoms with Crippen LogP contribution in [-0.4, -0.2) is 49.0 Å². The molecule has 0 aromatic carbocycles.